The second-order valence-corrected chi connectivity index (χ2v) is 4.76. The third kappa shape index (κ3) is 5.25. The van der Waals surface area contributed by atoms with Gasteiger partial charge in [-0.25, -0.2) is 0 Å². The van der Waals surface area contributed by atoms with E-state index in [1.807, 2.05) is 13.8 Å². The summed E-state index contributed by atoms with van der Waals surface area (Å²) in [5.74, 6) is 0.184. The van der Waals surface area contributed by atoms with E-state index in [1.54, 1.807) is 12.4 Å². The van der Waals surface area contributed by atoms with Crippen LogP contribution in [0.25, 0.3) is 0 Å². The molecule has 0 saturated heterocycles. The molecule has 100 valence electrons. The van der Waals surface area contributed by atoms with E-state index in [-0.39, 0.29) is 11.8 Å². The highest BCUT2D eigenvalue weighted by atomic mass is 16.1. The zero-order valence-corrected chi connectivity index (χ0v) is 11.6. The van der Waals surface area contributed by atoms with Crippen LogP contribution in [-0.2, 0) is 11.3 Å². The van der Waals surface area contributed by atoms with Crippen molar-refractivity contribution in [1.82, 2.24) is 15.3 Å². The van der Waals surface area contributed by atoms with Crippen molar-refractivity contribution in [2.45, 2.75) is 53.0 Å². The van der Waals surface area contributed by atoms with Crippen LogP contribution in [0.1, 0.15) is 50.9 Å². The minimum Gasteiger partial charge on any atom is -0.350 e. The Labute approximate surface area is 109 Å². The number of carbonyl (C=O) groups excluding carboxylic acids is 1. The fourth-order valence-corrected chi connectivity index (χ4v) is 1.69. The number of aromatic nitrogens is 2. The van der Waals surface area contributed by atoms with Crippen LogP contribution in [0, 0.1) is 12.8 Å². The zero-order valence-electron chi connectivity index (χ0n) is 11.6. The highest BCUT2D eigenvalue weighted by molar-refractivity contribution is 5.78. The third-order valence-corrected chi connectivity index (χ3v) is 2.97. The number of hydrogen-bond donors (Lipinski definition) is 1. The van der Waals surface area contributed by atoms with Crippen LogP contribution >= 0.6 is 0 Å². The molecule has 18 heavy (non-hydrogen) atoms. The fourth-order valence-electron chi connectivity index (χ4n) is 1.69. The van der Waals surface area contributed by atoms with Gasteiger partial charge in [0.15, 0.2) is 0 Å². The number of nitrogens with one attached hydrogen (secondary N) is 1. The first-order valence-electron chi connectivity index (χ1n) is 6.68. The van der Waals surface area contributed by atoms with Gasteiger partial charge < -0.3 is 5.32 Å². The molecular formula is C14H23N3O. The fraction of sp³-hybridized carbons (Fsp3) is 0.643. The Morgan fingerprint density at radius 3 is 2.72 bits per heavy atom. The van der Waals surface area contributed by atoms with Gasteiger partial charge >= 0.3 is 0 Å². The van der Waals surface area contributed by atoms with Gasteiger partial charge in [-0.1, -0.05) is 33.1 Å². The average Bonchev–Trinajstić information content (AvgIpc) is 2.38. The van der Waals surface area contributed by atoms with Gasteiger partial charge in [-0.2, -0.15) is 0 Å². The van der Waals surface area contributed by atoms with E-state index in [0.717, 1.165) is 24.2 Å². The van der Waals surface area contributed by atoms with Crippen LogP contribution in [0.15, 0.2) is 12.4 Å². The molecule has 0 saturated carbocycles. The van der Waals surface area contributed by atoms with Gasteiger partial charge in [0.1, 0.15) is 0 Å². The Balaban J connectivity index is 2.29. The molecule has 1 amide bonds. The summed E-state index contributed by atoms with van der Waals surface area (Å²) >= 11 is 0. The molecule has 1 atom stereocenters. The molecule has 0 bridgehead atoms. The van der Waals surface area contributed by atoms with Crippen molar-refractivity contribution in [1.29, 1.82) is 0 Å². The lowest BCUT2D eigenvalue weighted by molar-refractivity contribution is -0.124. The van der Waals surface area contributed by atoms with Crippen molar-refractivity contribution in [3.63, 3.8) is 0 Å². The monoisotopic (exact) mass is 249 g/mol. The number of carbonyl (C=O) groups is 1. The number of amides is 1. The Kier molecular flexibility index (Phi) is 6.33. The van der Waals surface area contributed by atoms with E-state index in [9.17, 15) is 4.79 Å². The van der Waals surface area contributed by atoms with Gasteiger partial charge in [0.25, 0.3) is 0 Å². The number of nitrogens with zero attached hydrogens (tertiary/aromatic N) is 2. The summed E-state index contributed by atoms with van der Waals surface area (Å²) in [7, 11) is 0. The van der Waals surface area contributed by atoms with E-state index >= 15 is 0 Å². The number of unbranched alkanes of at least 4 members (excludes halogenated alkanes) is 2. The quantitative estimate of drug-likeness (QED) is 0.756. The van der Waals surface area contributed by atoms with Crippen molar-refractivity contribution in [2.24, 2.45) is 5.92 Å². The molecule has 1 rings (SSSR count). The normalized spacial score (nSPS) is 12.2. The summed E-state index contributed by atoms with van der Waals surface area (Å²) in [4.78, 5) is 20.2. The van der Waals surface area contributed by atoms with Gasteiger partial charge in [0, 0.05) is 12.1 Å². The van der Waals surface area contributed by atoms with Crippen molar-refractivity contribution in [3.8, 4) is 0 Å². The maximum atomic E-state index is 11.8. The second-order valence-electron chi connectivity index (χ2n) is 4.76. The van der Waals surface area contributed by atoms with Crippen LogP contribution in [0.4, 0.5) is 0 Å². The topological polar surface area (TPSA) is 54.9 Å². The highest BCUT2D eigenvalue weighted by Crippen LogP contribution is 2.09. The lowest BCUT2D eigenvalue weighted by Gasteiger charge is -2.11. The van der Waals surface area contributed by atoms with Gasteiger partial charge in [-0.05, 0) is 13.3 Å². The standard InChI is InChI=1S/C14H23N3O/c1-4-5-6-7-11(2)14(18)17-10-13-9-15-12(3)8-16-13/h8-9,11H,4-7,10H2,1-3H3,(H,17,18). The highest BCUT2D eigenvalue weighted by Gasteiger charge is 2.11. The van der Waals surface area contributed by atoms with Crippen molar-refractivity contribution >= 4 is 5.91 Å². The summed E-state index contributed by atoms with van der Waals surface area (Å²) in [6.45, 7) is 6.50. The summed E-state index contributed by atoms with van der Waals surface area (Å²) in [6, 6.07) is 0. The summed E-state index contributed by atoms with van der Waals surface area (Å²) < 4.78 is 0. The Morgan fingerprint density at radius 1 is 1.33 bits per heavy atom. The predicted octanol–water partition coefficient (Wildman–Crippen LogP) is 2.62. The number of aryl methyl sites for hydroxylation is 1. The van der Waals surface area contributed by atoms with Gasteiger partial charge in [-0.15, -0.1) is 0 Å². The molecule has 4 nitrogen and oxygen atoms in total. The maximum Gasteiger partial charge on any atom is 0.223 e. The van der Waals surface area contributed by atoms with Crippen molar-refractivity contribution in [3.05, 3.63) is 23.8 Å². The molecule has 1 aromatic heterocycles. The average molecular weight is 249 g/mol. The molecule has 1 unspecified atom stereocenters. The van der Waals surface area contributed by atoms with E-state index < -0.39 is 0 Å². The van der Waals surface area contributed by atoms with Crippen molar-refractivity contribution < 1.29 is 4.79 Å². The van der Waals surface area contributed by atoms with Crippen LogP contribution in [0.2, 0.25) is 0 Å². The SMILES string of the molecule is CCCCCC(C)C(=O)NCc1cnc(C)cn1. The first-order valence-corrected chi connectivity index (χ1v) is 6.68. The van der Waals surface area contributed by atoms with Gasteiger partial charge in [0.05, 0.1) is 24.1 Å². The molecule has 0 fully saturated rings. The van der Waals surface area contributed by atoms with Crippen molar-refractivity contribution in [2.75, 3.05) is 0 Å². The Hall–Kier alpha value is -1.45. The molecular weight excluding hydrogens is 226 g/mol. The van der Waals surface area contributed by atoms with E-state index in [2.05, 4.69) is 22.2 Å². The number of hydrogen-bond acceptors (Lipinski definition) is 3. The van der Waals surface area contributed by atoms with E-state index in [1.165, 1.54) is 12.8 Å². The van der Waals surface area contributed by atoms with Crippen LogP contribution < -0.4 is 5.32 Å². The Bertz CT molecular complexity index is 362. The molecule has 4 heteroatoms. The molecule has 1 N–H and O–H groups in total. The minimum atomic E-state index is 0.0787. The molecule has 1 heterocycles. The van der Waals surface area contributed by atoms with Gasteiger partial charge in [0.2, 0.25) is 5.91 Å². The van der Waals surface area contributed by atoms with Gasteiger partial charge in [-0.3, -0.25) is 14.8 Å². The zero-order chi connectivity index (χ0) is 13.4. The molecule has 0 spiro atoms. The van der Waals surface area contributed by atoms with E-state index in [0.29, 0.717) is 6.54 Å². The van der Waals surface area contributed by atoms with E-state index in [4.69, 9.17) is 0 Å². The molecule has 1 aromatic rings. The summed E-state index contributed by atoms with van der Waals surface area (Å²) in [6.07, 6.45) is 7.88. The molecule has 0 aromatic carbocycles. The lowest BCUT2D eigenvalue weighted by atomic mass is 10.0. The predicted molar refractivity (Wildman–Crippen MR) is 71.9 cm³/mol. The minimum absolute atomic E-state index is 0.0787. The smallest absolute Gasteiger partial charge is 0.223 e. The van der Waals surface area contributed by atoms with Crippen LogP contribution in [0.3, 0.4) is 0 Å². The third-order valence-electron chi connectivity index (χ3n) is 2.97. The number of rotatable bonds is 7. The first-order chi connectivity index (χ1) is 8.63. The summed E-state index contributed by atoms with van der Waals surface area (Å²) in [5.41, 5.74) is 1.69. The largest absolute Gasteiger partial charge is 0.350 e. The van der Waals surface area contributed by atoms with Crippen LogP contribution in [-0.4, -0.2) is 15.9 Å². The molecule has 0 aliphatic carbocycles. The van der Waals surface area contributed by atoms with Crippen LogP contribution in [0.5, 0.6) is 0 Å². The maximum absolute atomic E-state index is 11.8. The summed E-state index contributed by atoms with van der Waals surface area (Å²) in [5, 5.41) is 2.90. The first kappa shape index (κ1) is 14.6. The Morgan fingerprint density at radius 2 is 2.11 bits per heavy atom. The second kappa shape index (κ2) is 7.80. The molecule has 0 radical (unpaired) electrons. The lowest BCUT2D eigenvalue weighted by Crippen LogP contribution is -2.29. The molecule has 0 aliphatic heterocycles. The molecule has 0 aliphatic rings.